The molecule has 30 heavy (non-hydrogen) atoms. The maximum absolute atomic E-state index is 12.6. The Hall–Kier alpha value is -1.69. The largest absolute Gasteiger partial charge is 0.493 e. The van der Waals surface area contributed by atoms with E-state index in [1.54, 1.807) is 31.7 Å². The molecule has 1 aromatic heterocycles. The van der Waals surface area contributed by atoms with Gasteiger partial charge in [0, 0.05) is 32.7 Å². The van der Waals surface area contributed by atoms with Gasteiger partial charge in [-0.1, -0.05) is 12.1 Å². The molecule has 2 heterocycles. The molecule has 166 valence electrons. The number of thiophene rings is 1. The van der Waals surface area contributed by atoms with E-state index in [4.69, 9.17) is 14.2 Å². The maximum atomic E-state index is 12.6. The molecule has 1 N–H and O–H groups in total. The summed E-state index contributed by atoms with van der Waals surface area (Å²) < 4.78 is 43.2. The average Bonchev–Trinajstić information content (AvgIpc) is 3.30. The van der Waals surface area contributed by atoms with Crippen LogP contribution in [0.1, 0.15) is 5.56 Å². The van der Waals surface area contributed by atoms with Gasteiger partial charge in [-0.3, -0.25) is 4.90 Å². The molecule has 1 atom stereocenters. The summed E-state index contributed by atoms with van der Waals surface area (Å²) in [6, 6.07) is 8.93. The van der Waals surface area contributed by atoms with E-state index in [0.717, 1.165) is 5.56 Å². The number of rotatable bonds is 10. The fraction of sp³-hybridized carbons (Fsp3) is 0.500. The van der Waals surface area contributed by atoms with E-state index in [0.29, 0.717) is 55.0 Å². The van der Waals surface area contributed by atoms with Gasteiger partial charge in [0.2, 0.25) is 0 Å². The highest BCUT2D eigenvalue weighted by Crippen LogP contribution is 2.27. The van der Waals surface area contributed by atoms with Crippen molar-refractivity contribution >= 4 is 21.4 Å². The maximum Gasteiger partial charge on any atom is 0.252 e. The first kappa shape index (κ1) is 23.0. The number of β-amino-alcohol motifs (C(OH)–C–C–N with tert-alkyl or cyclic N) is 1. The van der Waals surface area contributed by atoms with Crippen LogP contribution in [0.25, 0.3) is 0 Å². The van der Waals surface area contributed by atoms with Crippen LogP contribution in [0.5, 0.6) is 11.5 Å². The normalized spacial score (nSPS) is 17.0. The number of nitrogens with zero attached hydrogens (tertiary/aromatic N) is 2. The van der Waals surface area contributed by atoms with Crippen molar-refractivity contribution in [3.05, 3.63) is 41.3 Å². The third kappa shape index (κ3) is 5.71. The fourth-order valence-corrected chi connectivity index (χ4v) is 5.89. The van der Waals surface area contributed by atoms with Crippen LogP contribution in [0.4, 0.5) is 0 Å². The average molecular weight is 457 g/mol. The van der Waals surface area contributed by atoms with Gasteiger partial charge in [-0.15, -0.1) is 11.3 Å². The van der Waals surface area contributed by atoms with Crippen LogP contribution in [0.15, 0.2) is 39.9 Å². The summed E-state index contributed by atoms with van der Waals surface area (Å²) in [5, 5.41) is 12.1. The lowest BCUT2D eigenvalue weighted by Gasteiger charge is -2.34. The Labute approximate surface area is 181 Å². The van der Waals surface area contributed by atoms with Crippen LogP contribution >= 0.6 is 11.3 Å². The first-order valence-electron chi connectivity index (χ1n) is 9.66. The van der Waals surface area contributed by atoms with Crippen molar-refractivity contribution in [2.45, 2.75) is 16.9 Å². The van der Waals surface area contributed by atoms with Crippen LogP contribution in [0, 0.1) is 0 Å². The van der Waals surface area contributed by atoms with Gasteiger partial charge in [0.05, 0.1) is 33.5 Å². The van der Waals surface area contributed by atoms with Gasteiger partial charge < -0.3 is 19.3 Å². The van der Waals surface area contributed by atoms with Crippen LogP contribution in [-0.2, 0) is 21.4 Å². The van der Waals surface area contributed by atoms with Crippen molar-refractivity contribution in [3.8, 4) is 11.5 Å². The number of piperazine rings is 1. The van der Waals surface area contributed by atoms with Gasteiger partial charge in [-0.05, 0) is 29.1 Å². The number of aliphatic hydroxyl groups is 1. The van der Waals surface area contributed by atoms with Gasteiger partial charge in [0.15, 0.2) is 11.5 Å². The lowest BCUT2D eigenvalue weighted by molar-refractivity contribution is 0.00535. The number of hydrogen-bond donors (Lipinski definition) is 1. The van der Waals surface area contributed by atoms with Crippen molar-refractivity contribution in [2.75, 3.05) is 53.6 Å². The summed E-state index contributed by atoms with van der Waals surface area (Å²) >= 11 is 1.23. The molecule has 0 unspecified atom stereocenters. The second-order valence-corrected chi connectivity index (χ2v) is 10.1. The predicted octanol–water partition coefficient (Wildman–Crippen LogP) is 1.65. The number of methoxy groups -OCH3 is 2. The second kappa shape index (κ2) is 10.6. The lowest BCUT2D eigenvalue weighted by Crippen LogP contribution is -2.50. The second-order valence-electron chi connectivity index (χ2n) is 7.00. The standard InChI is InChI=1S/C20H28N2O6S2/c1-26-18-6-5-16(12-19(18)27-2)14-28-15-17(23)13-21-7-9-22(10-8-21)30(24,25)20-4-3-11-29-20/h3-6,11-12,17,23H,7-10,13-15H2,1-2H3/t17-/m0/s1. The highest BCUT2D eigenvalue weighted by Gasteiger charge is 2.29. The molecule has 0 aliphatic carbocycles. The van der Waals surface area contributed by atoms with Gasteiger partial charge in [0.1, 0.15) is 4.21 Å². The zero-order chi connectivity index (χ0) is 21.6. The Morgan fingerprint density at radius 1 is 1.10 bits per heavy atom. The topological polar surface area (TPSA) is 88.5 Å². The van der Waals surface area contributed by atoms with Crippen molar-refractivity contribution in [2.24, 2.45) is 0 Å². The Bertz CT molecular complexity index is 896. The zero-order valence-electron chi connectivity index (χ0n) is 17.2. The SMILES string of the molecule is COc1ccc(COC[C@@H](O)CN2CCN(S(=O)(=O)c3cccs3)CC2)cc1OC. The molecule has 1 fully saturated rings. The van der Waals surface area contributed by atoms with Crippen molar-refractivity contribution in [3.63, 3.8) is 0 Å². The zero-order valence-corrected chi connectivity index (χ0v) is 18.8. The van der Waals surface area contributed by atoms with E-state index in [9.17, 15) is 13.5 Å². The third-order valence-corrected chi connectivity index (χ3v) is 8.19. The minimum absolute atomic E-state index is 0.196. The van der Waals surface area contributed by atoms with E-state index in [-0.39, 0.29) is 6.61 Å². The van der Waals surface area contributed by atoms with E-state index >= 15 is 0 Å². The first-order valence-corrected chi connectivity index (χ1v) is 12.0. The van der Waals surface area contributed by atoms with Crippen LogP contribution in [0.3, 0.4) is 0 Å². The van der Waals surface area contributed by atoms with E-state index in [2.05, 4.69) is 4.90 Å². The molecule has 1 aromatic carbocycles. The molecule has 10 heteroatoms. The molecular weight excluding hydrogens is 428 g/mol. The predicted molar refractivity (Wildman–Crippen MR) is 115 cm³/mol. The summed E-state index contributed by atoms with van der Waals surface area (Å²) in [6.45, 7) is 2.98. The monoisotopic (exact) mass is 456 g/mol. The number of ether oxygens (including phenoxy) is 3. The van der Waals surface area contributed by atoms with Crippen molar-refractivity contribution in [1.29, 1.82) is 0 Å². The highest BCUT2D eigenvalue weighted by atomic mass is 32.2. The molecule has 3 rings (SSSR count). The molecule has 1 aliphatic heterocycles. The van der Waals surface area contributed by atoms with Crippen LogP contribution in [-0.4, -0.2) is 82.4 Å². The smallest absolute Gasteiger partial charge is 0.252 e. The van der Waals surface area contributed by atoms with Gasteiger partial charge in [0.25, 0.3) is 10.0 Å². The summed E-state index contributed by atoms with van der Waals surface area (Å²) in [4.78, 5) is 2.06. The molecule has 8 nitrogen and oxygen atoms in total. The summed E-state index contributed by atoms with van der Waals surface area (Å²) in [6.07, 6.45) is -0.648. The molecule has 1 saturated heterocycles. The van der Waals surface area contributed by atoms with Gasteiger partial charge in [-0.2, -0.15) is 4.31 Å². The van der Waals surface area contributed by atoms with E-state index in [1.807, 2.05) is 18.2 Å². The van der Waals surface area contributed by atoms with Crippen molar-refractivity contribution < 1.29 is 27.7 Å². The number of aliphatic hydroxyl groups excluding tert-OH is 1. The minimum Gasteiger partial charge on any atom is -0.493 e. The summed E-state index contributed by atoms with van der Waals surface area (Å²) in [5.41, 5.74) is 0.923. The molecule has 0 spiro atoms. The summed E-state index contributed by atoms with van der Waals surface area (Å²) in [5.74, 6) is 1.29. The molecule has 0 saturated carbocycles. The van der Waals surface area contributed by atoms with E-state index < -0.39 is 16.1 Å². The van der Waals surface area contributed by atoms with Gasteiger partial charge in [-0.25, -0.2) is 8.42 Å². The highest BCUT2D eigenvalue weighted by molar-refractivity contribution is 7.91. The quantitative estimate of drug-likeness (QED) is 0.582. The number of benzene rings is 1. The lowest BCUT2D eigenvalue weighted by atomic mass is 10.2. The fourth-order valence-electron chi connectivity index (χ4n) is 3.32. The van der Waals surface area contributed by atoms with E-state index in [1.165, 1.54) is 15.6 Å². The minimum atomic E-state index is -3.41. The molecule has 2 aromatic rings. The van der Waals surface area contributed by atoms with Crippen molar-refractivity contribution in [1.82, 2.24) is 9.21 Å². The molecule has 1 aliphatic rings. The summed E-state index contributed by atoms with van der Waals surface area (Å²) in [7, 11) is -0.241. The molecule has 0 bridgehead atoms. The first-order chi connectivity index (χ1) is 14.4. The Balaban J connectivity index is 1.40. The number of sulfonamides is 1. The Morgan fingerprint density at radius 3 is 2.47 bits per heavy atom. The Kier molecular flexibility index (Phi) is 8.09. The van der Waals surface area contributed by atoms with Crippen LogP contribution < -0.4 is 9.47 Å². The Morgan fingerprint density at radius 2 is 1.83 bits per heavy atom. The molecular formula is C20H28N2O6S2. The van der Waals surface area contributed by atoms with Crippen LogP contribution in [0.2, 0.25) is 0 Å². The number of hydrogen-bond acceptors (Lipinski definition) is 8. The molecule has 0 radical (unpaired) electrons. The van der Waals surface area contributed by atoms with Gasteiger partial charge >= 0.3 is 0 Å². The molecule has 0 amide bonds. The third-order valence-electron chi connectivity index (χ3n) is 4.92.